The van der Waals surface area contributed by atoms with Crippen molar-refractivity contribution in [3.63, 3.8) is 0 Å². The van der Waals surface area contributed by atoms with Gasteiger partial charge in [0.25, 0.3) is 0 Å². The molecule has 0 unspecified atom stereocenters. The molecule has 0 bridgehead atoms. The summed E-state index contributed by atoms with van der Waals surface area (Å²) in [5, 5.41) is 0. The lowest BCUT2D eigenvalue weighted by Crippen LogP contribution is -1.78. The van der Waals surface area contributed by atoms with E-state index in [-0.39, 0.29) is 0 Å². The lowest BCUT2D eigenvalue weighted by atomic mass is 10.1. The Morgan fingerprint density at radius 3 is 3.18 bits per heavy atom. The van der Waals surface area contributed by atoms with E-state index < -0.39 is 0 Å². The summed E-state index contributed by atoms with van der Waals surface area (Å²) in [5.41, 5.74) is 5.77. The lowest BCUT2D eigenvalue weighted by molar-refractivity contribution is 1.33. The third-order valence-corrected chi connectivity index (χ3v) is 2.44. The van der Waals surface area contributed by atoms with Crippen LogP contribution in [0.25, 0.3) is 0 Å². The second kappa shape index (κ2) is 1.65. The molecular weight excluding hydrogens is 132 g/mol. The van der Waals surface area contributed by atoms with Gasteiger partial charge >= 0.3 is 0 Å². The van der Waals surface area contributed by atoms with Crippen LogP contribution < -0.4 is 0 Å². The summed E-state index contributed by atoms with van der Waals surface area (Å²) in [6.07, 6.45) is 14.4. The minimum absolute atomic E-state index is 1.13. The van der Waals surface area contributed by atoms with Crippen molar-refractivity contribution in [2.24, 2.45) is 0 Å². The lowest BCUT2D eigenvalue weighted by Gasteiger charge is -1.95. The van der Waals surface area contributed by atoms with E-state index in [4.69, 9.17) is 0 Å². The summed E-state index contributed by atoms with van der Waals surface area (Å²) in [5.74, 6) is 0. The topological polar surface area (TPSA) is 0 Å². The molecule has 0 aromatic rings. The summed E-state index contributed by atoms with van der Waals surface area (Å²) < 4.78 is 0. The van der Waals surface area contributed by atoms with Crippen molar-refractivity contribution in [2.45, 2.75) is 6.42 Å². The third-order valence-electron chi connectivity index (χ3n) is 2.44. The first kappa shape index (κ1) is 5.36. The second-order valence-electron chi connectivity index (χ2n) is 3.08. The Bertz CT molecular complexity index is 371. The fourth-order valence-electron chi connectivity index (χ4n) is 1.91. The van der Waals surface area contributed by atoms with Gasteiger partial charge < -0.3 is 0 Å². The molecule has 11 heavy (non-hydrogen) atoms. The molecule has 0 atom stereocenters. The summed E-state index contributed by atoms with van der Waals surface area (Å²) >= 11 is 0. The zero-order valence-corrected chi connectivity index (χ0v) is 6.17. The average molecular weight is 140 g/mol. The molecular formula is C11H8. The molecule has 0 nitrogen and oxygen atoms in total. The zero-order chi connectivity index (χ0) is 7.26. The van der Waals surface area contributed by atoms with E-state index in [0.717, 1.165) is 6.42 Å². The predicted octanol–water partition coefficient (Wildman–Crippen LogP) is 2.68. The highest BCUT2D eigenvalue weighted by atomic mass is 14.3. The average Bonchev–Trinajstić information content (AvgIpc) is 2.52. The number of fused-ring (bicyclic) bond motifs is 2. The van der Waals surface area contributed by atoms with Crippen LogP contribution in [0.15, 0.2) is 58.7 Å². The quantitative estimate of drug-likeness (QED) is 0.485. The molecule has 0 spiro atoms. The molecule has 0 radical (unpaired) electrons. The molecule has 3 aliphatic rings. The summed E-state index contributed by atoms with van der Waals surface area (Å²) in [6.45, 7) is 0. The normalized spacial score (nSPS) is 24.0. The first-order valence-corrected chi connectivity index (χ1v) is 3.96. The van der Waals surface area contributed by atoms with Gasteiger partial charge in [0.1, 0.15) is 0 Å². The molecule has 0 aliphatic heterocycles. The smallest absolute Gasteiger partial charge is 0.00877 e. The first-order valence-electron chi connectivity index (χ1n) is 3.96. The maximum Gasteiger partial charge on any atom is -0.00877 e. The molecule has 0 amide bonds. The van der Waals surface area contributed by atoms with Crippen LogP contribution in [0, 0.1) is 0 Å². The van der Waals surface area contributed by atoms with Crippen LogP contribution in [0.1, 0.15) is 6.42 Å². The standard InChI is InChI=1S/C11H8/c1-3-8-7-9-4-2-6-11(9)10(8)5-1/h1-3,5-7H,4H2. The summed E-state index contributed by atoms with van der Waals surface area (Å²) in [4.78, 5) is 0. The fourth-order valence-corrected chi connectivity index (χ4v) is 1.91. The molecule has 0 fully saturated rings. The van der Waals surface area contributed by atoms with Gasteiger partial charge in [-0.2, -0.15) is 0 Å². The molecule has 0 saturated heterocycles. The zero-order valence-electron chi connectivity index (χ0n) is 6.17. The molecule has 0 heteroatoms. The Labute approximate surface area is 65.9 Å². The highest BCUT2D eigenvalue weighted by molar-refractivity contribution is 5.71. The van der Waals surface area contributed by atoms with Crippen molar-refractivity contribution in [1.82, 2.24) is 0 Å². The van der Waals surface area contributed by atoms with Crippen molar-refractivity contribution in [1.29, 1.82) is 0 Å². The molecule has 0 N–H and O–H groups in total. The van der Waals surface area contributed by atoms with E-state index in [2.05, 4.69) is 36.5 Å². The third kappa shape index (κ3) is 0.548. The van der Waals surface area contributed by atoms with E-state index >= 15 is 0 Å². The molecule has 3 aliphatic carbocycles. The maximum atomic E-state index is 2.30. The van der Waals surface area contributed by atoms with Gasteiger partial charge in [-0.15, -0.1) is 0 Å². The highest BCUT2D eigenvalue weighted by Crippen LogP contribution is 2.40. The van der Waals surface area contributed by atoms with Crippen LogP contribution >= 0.6 is 0 Å². The second-order valence-corrected chi connectivity index (χ2v) is 3.08. The van der Waals surface area contributed by atoms with Crippen LogP contribution in [0.5, 0.6) is 0 Å². The number of allylic oxidation sites excluding steroid dienone is 10. The Balaban J connectivity index is 2.22. The number of hydrogen-bond acceptors (Lipinski definition) is 0. The van der Waals surface area contributed by atoms with Gasteiger partial charge in [-0.25, -0.2) is 0 Å². The van der Waals surface area contributed by atoms with Gasteiger partial charge in [0.2, 0.25) is 0 Å². The van der Waals surface area contributed by atoms with Crippen molar-refractivity contribution < 1.29 is 0 Å². The number of rotatable bonds is 0. The van der Waals surface area contributed by atoms with Crippen LogP contribution in [0.4, 0.5) is 0 Å². The summed E-state index contributed by atoms with van der Waals surface area (Å²) in [7, 11) is 0. The van der Waals surface area contributed by atoms with Crippen molar-refractivity contribution in [3.05, 3.63) is 58.7 Å². The molecule has 0 aromatic carbocycles. The fraction of sp³-hybridized carbons (Fsp3) is 0.0909. The SMILES string of the molecule is C1=CC2=CC3=C(C=CC3)C2=C1. The van der Waals surface area contributed by atoms with Gasteiger partial charge in [0, 0.05) is 0 Å². The van der Waals surface area contributed by atoms with E-state index in [9.17, 15) is 0 Å². The van der Waals surface area contributed by atoms with E-state index in [1.807, 2.05) is 0 Å². The largest absolute Gasteiger partial charge is 0.0795 e. The first-order chi connectivity index (χ1) is 5.45. The van der Waals surface area contributed by atoms with Crippen molar-refractivity contribution in [2.75, 3.05) is 0 Å². The molecule has 0 aromatic heterocycles. The van der Waals surface area contributed by atoms with Crippen molar-refractivity contribution >= 4 is 0 Å². The molecule has 0 saturated carbocycles. The van der Waals surface area contributed by atoms with Gasteiger partial charge in [-0.05, 0) is 28.7 Å². The Hall–Kier alpha value is -1.30. The van der Waals surface area contributed by atoms with Gasteiger partial charge in [0.15, 0.2) is 0 Å². The minimum atomic E-state index is 1.13. The van der Waals surface area contributed by atoms with Crippen LogP contribution in [0.3, 0.4) is 0 Å². The summed E-state index contributed by atoms with van der Waals surface area (Å²) in [6, 6.07) is 0. The van der Waals surface area contributed by atoms with Crippen LogP contribution in [-0.2, 0) is 0 Å². The van der Waals surface area contributed by atoms with Gasteiger partial charge in [0.05, 0.1) is 0 Å². The number of hydrogen-bond donors (Lipinski definition) is 0. The molecule has 0 heterocycles. The van der Waals surface area contributed by atoms with E-state index in [1.54, 1.807) is 0 Å². The molecule has 52 valence electrons. The maximum absolute atomic E-state index is 2.30. The predicted molar refractivity (Wildman–Crippen MR) is 46.1 cm³/mol. The Kier molecular flexibility index (Phi) is 0.803. The molecule has 3 rings (SSSR count). The van der Waals surface area contributed by atoms with Gasteiger partial charge in [-0.3, -0.25) is 0 Å². The van der Waals surface area contributed by atoms with Crippen LogP contribution in [-0.4, -0.2) is 0 Å². The van der Waals surface area contributed by atoms with Crippen molar-refractivity contribution in [3.8, 4) is 0 Å². The van der Waals surface area contributed by atoms with E-state index in [1.165, 1.54) is 22.3 Å². The Morgan fingerprint density at radius 2 is 2.18 bits per heavy atom. The minimum Gasteiger partial charge on any atom is -0.0795 e. The monoisotopic (exact) mass is 140 g/mol. The van der Waals surface area contributed by atoms with Crippen LogP contribution in [0.2, 0.25) is 0 Å². The highest BCUT2D eigenvalue weighted by Gasteiger charge is 2.21. The van der Waals surface area contributed by atoms with Gasteiger partial charge in [-0.1, -0.05) is 36.5 Å². The van der Waals surface area contributed by atoms with E-state index in [0.29, 0.717) is 0 Å². The Morgan fingerprint density at radius 1 is 1.18 bits per heavy atom.